The van der Waals surface area contributed by atoms with Crippen molar-refractivity contribution in [2.45, 2.75) is 24.2 Å². The van der Waals surface area contributed by atoms with Crippen LogP contribution in [-0.4, -0.2) is 82.0 Å². The van der Waals surface area contributed by atoms with E-state index in [1.54, 1.807) is 11.0 Å². The summed E-state index contributed by atoms with van der Waals surface area (Å²) in [5.41, 5.74) is 0.424. The van der Waals surface area contributed by atoms with Gasteiger partial charge in [-0.3, -0.25) is 14.5 Å². The van der Waals surface area contributed by atoms with Gasteiger partial charge < -0.3 is 14.4 Å². The lowest BCUT2D eigenvalue weighted by Crippen LogP contribution is -2.47. The summed E-state index contributed by atoms with van der Waals surface area (Å²) in [6.07, 6.45) is 3.06. The van der Waals surface area contributed by atoms with E-state index in [4.69, 9.17) is 9.47 Å². The smallest absolute Gasteiger partial charge is 0.265 e. The predicted molar refractivity (Wildman–Crippen MR) is 104 cm³/mol. The van der Waals surface area contributed by atoms with Crippen LogP contribution in [0.3, 0.4) is 0 Å². The number of fused-ring (bicyclic) bond motifs is 1. The molecule has 0 aromatic heterocycles. The Morgan fingerprint density at radius 2 is 1.76 bits per heavy atom. The van der Waals surface area contributed by atoms with Gasteiger partial charge in [0.2, 0.25) is 15.9 Å². The summed E-state index contributed by atoms with van der Waals surface area (Å²) in [7, 11) is -3.67. The highest BCUT2D eigenvalue weighted by Gasteiger charge is 2.32. The number of hydrogen-bond donors (Lipinski definition) is 0. The number of carbonyl (C=O) groups is 2. The zero-order chi connectivity index (χ0) is 20.4. The average Bonchev–Trinajstić information content (AvgIpc) is 2.76. The molecular formula is C19H25N3O6S. The van der Waals surface area contributed by atoms with Gasteiger partial charge in [0, 0.05) is 32.2 Å². The van der Waals surface area contributed by atoms with Crippen molar-refractivity contribution >= 4 is 27.5 Å². The van der Waals surface area contributed by atoms with Gasteiger partial charge in [-0.15, -0.1) is 0 Å². The average molecular weight is 423 g/mol. The van der Waals surface area contributed by atoms with E-state index in [-0.39, 0.29) is 29.9 Å². The van der Waals surface area contributed by atoms with Crippen LogP contribution in [-0.2, 0) is 24.3 Å². The Bertz CT molecular complexity index is 891. The second-order valence-electron chi connectivity index (χ2n) is 7.36. The van der Waals surface area contributed by atoms with E-state index in [0.29, 0.717) is 50.8 Å². The topological polar surface area (TPSA) is 96.5 Å². The number of piperidine rings is 1. The molecule has 3 heterocycles. The Labute approximate surface area is 170 Å². The zero-order valence-corrected chi connectivity index (χ0v) is 17.0. The molecule has 2 saturated heterocycles. The number of ether oxygens (including phenoxy) is 2. The van der Waals surface area contributed by atoms with Crippen molar-refractivity contribution in [1.29, 1.82) is 0 Å². The molecule has 10 heteroatoms. The van der Waals surface area contributed by atoms with E-state index in [1.807, 2.05) is 0 Å². The van der Waals surface area contributed by atoms with E-state index < -0.39 is 10.0 Å². The van der Waals surface area contributed by atoms with Crippen molar-refractivity contribution in [1.82, 2.24) is 9.21 Å². The molecule has 0 saturated carbocycles. The molecule has 0 atom stereocenters. The van der Waals surface area contributed by atoms with Crippen LogP contribution in [0.15, 0.2) is 23.1 Å². The van der Waals surface area contributed by atoms with Crippen molar-refractivity contribution in [3.05, 3.63) is 18.2 Å². The Morgan fingerprint density at radius 3 is 2.48 bits per heavy atom. The third kappa shape index (κ3) is 4.10. The van der Waals surface area contributed by atoms with E-state index in [9.17, 15) is 18.0 Å². The fraction of sp³-hybridized carbons (Fsp3) is 0.579. The molecular weight excluding hydrogens is 398 g/mol. The van der Waals surface area contributed by atoms with Crippen LogP contribution in [0, 0.1) is 0 Å². The molecule has 0 aliphatic carbocycles. The zero-order valence-electron chi connectivity index (χ0n) is 16.2. The van der Waals surface area contributed by atoms with Crippen LogP contribution in [0.2, 0.25) is 0 Å². The highest BCUT2D eigenvalue weighted by molar-refractivity contribution is 7.89. The third-order valence-corrected chi connectivity index (χ3v) is 7.38. The van der Waals surface area contributed by atoms with Gasteiger partial charge in [-0.1, -0.05) is 0 Å². The molecule has 3 aliphatic heterocycles. The molecule has 0 bridgehead atoms. The summed E-state index contributed by atoms with van der Waals surface area (Å²) in [4.78, 5) is 28.3. The number of nitrogens with zero attached hydrogens (tertiary/aromatic N) is 3. The van der Waals surface area contributed by atoms with Crippen molar-refractivity contribution in [2.75, 3.05) is 57.4 Å². The number of likely N-dealkylation sites (tertiary alicyclic amines) is 1. The lowest BCUT2D eigenvalue weighted by molar-refractivity contribution is -0.132. The number of morpholine rings is 1. The molecule has 3 aliphatic rings. The molecule has 158 valence electrons. The number of carbonyl (C=O) groups excluding carboxylic acids is 2. The molecule has 1 aromatic carbocycles. The first kappa shape index (κ1) is 20.1. The Kier molecular flexibility index (Phi) is 5.75. The first-order valence-electron chi connectivity index (χ1n) is 9.90. The Morgan fingerprint density at radius 1 is 1.03 bits per heavy atom. The lowest BCUT2D eigenvalue weighted by atomic mass is 10.1. The molecule has 0 unspecified atom stereocenters. The number of hydrogen-bond acceptors (Lipinski definition) is 6. The second kappa shape index (κ2) is 8.29. The fourth-order valence-corrected chi connectivity index (χ4v) is 5.26. The van der Waals surface area contributed by atoms with Crippen molar-refractivity contribution < 1.29 is 27.5 Å². The van der Waals surface area contributed by atoms with Gasteiger partial charge in [-0.25, -0.2) is 8.42 Å². The molecule has 9 nitrogen and oxygen atoms in total. The largest absolute Gasteiger partial charge is 0.482 e. The quantitative estimate of drug-likeness (QED) is 0.698. The molecule has 4 rings (SSSR count). The minimum atomic E-state index is -3.67. The van der Waals surface area contributed by atoms with E-state index >= 15 is 0 Å². The molecule has 0 radical (unpaired) electrons. The molecule has 2 amide bonds. The minimum absolute atomic E-state index is 0.0647. The van der Waals surface area contributed by atoms with Crippen molar-refractivity contribution in [3.8, 4) is 5.75 Å². The van der Waals surface area contributed by atoms with Crippen LogP contribution >= 0.6 is 0 Å². The van der Waals surface area contributed by atoms with E-state index in [1.165, 1.54) is 21.3 Å². The molecule has 2 fully saturated rings. The van der Waals surface area contributed by atoms with Crippen molar-refractivity contribution in [3.63, 3.8) is 0 Å². The minimum Gasteiger partial charge on any atom is -0.482 e. The van der Waals surface area contributed by atoms with Crippen LogP contribution in [0.25, 0.3) is 0 Å². The summed E-state index contributed by atoms with van der Waals surface area (Å²) in [6, 6.07) is 4.44. The van der Waals surface area contributed by atoms with Crippen molar-refractivity contribution in [2.24, 2.45) is 0 Å². The number of amides is 2. The van der Waals surface area contributed by atoms with Crippen LogP contribution < -0.4 is 9.64 Å². The SMILES string of the molecule is O=C(CN1C(=O)COc2cc(S(=O)(=O)N3CCOCC3)ccc21)N1CCCCC1. The molecule has 0 spiro atoms. The maximum Gasteiger partial charge on any atom is 0.265 e. The van der Waals surface area contributed by atoms with Gasteiger partial charge in [0.1, 0.15) is 12.3 Å². The number of anilines is 1. The van der Waals surface area contributed by atoms with Gasteiger partial charge in [-0.05, 0) is 31.4 Å². The van der Waals surface area contributed by atoms with Crippen LogP contribution in [0.4, 0.5) is 5.69 Å². The van der Waals surface area contributed by atoms with Gasteiger partial charge in [-0.2, -0.15) is 4.31 Å². The first-order valence-corrected chi connectivity index (χ1v) is 11.3. The number of sulfonamides is 1. The Hall–Kier alpha value is -2.17. The third-order valence-electron chi connectivity index (χ3n) is 5.48. The summed E-state index contributed by atoms with van der Waals surface area (Å²) in [5.74, 6) is -0.118. The second-order valence-corrected chi connectivity index (χ2v) is 9.29. The summed E-state index contributed by atoms with van der Waals surface area (Å²) < 4.78 is 37.8. The monoisotopic (exact) mass is 423 g/mol. The van der Waals surface area contributed by atoms with E-state index in [2.05, 4.69) is 0 Å². The predicted octanol–water partition coefficient (Wildman–Crippen LogP) is 0.445. The van der Waals surface area contributed by atoms with Gasteiger partial charge >= 0.3 is 0 Å². The lowest BCUT2D eigenvalue weighted by Gasteiger charge is -2.33. The standard InChI is InChI=1S/C19H25N3O6S/c23-18(20-6-2-1-3-7-20)13-22-16-5-4-15(12-17(16)28-14-19(22)24)29(25,26)21-8-10-27-11-9-21/h4-5,12H,1-3,6-11,13-14H2. The molecule has 1 aromatic rings. The number of rotatable bonds is 4. The summed E-state index contributed by atoms with van der Waals surface area (Å²) >= 11 is 0. The fourth-order valence-electron chi connectivity index (χ4n) is 3.83. The maximum atomic E-state index is 12.9. The molecule has 29 heavy (non-hydrogen) atoms. The molecule has 0 N–H and O–H groups in total. The highest BCUT2D eigenvalue weighted by Crippen LogP contribution is 2.35. The highest BCUT2D eigenvalue weighted by atomic mass is 32.2. The maximum absolute atomic E-state index is 12.9. The summed E-state index contributed by atoms with van der Waals surface area (Å²) in [5, 5.41) is 0. The van der Waals surface area contributed by atoms with Crippen LogP contribution in [0.5, 0.6) is 5.75 Å². The Balaban J connectivity index is 1.56. The first-order chi connectivity index (χ1) is 14.0. The van der Waals surface area contributed by atoms with Gasteiger partial charge in [0.15, 0.2) is 6.61 Å². The normalized spacial score (nSPS) is 20.9. The van der Waals surface area contributed by atoms with E-state index in [0.717, 1.165) is 19.3 Å². The van der Waals surface area contributed by atoms with Gasteiger partial charge in [0.25, 0.3) is 5.91 Å². The van der Waals surface area contributed by atoms with Crippen LogP contribution in [0.1, 0.15) is 19.3 Å². The summed E-state index contributed by atoms with van der Waals surface area (Å²) in [6.45, 7) is 2.46. The number of benzene rings is 1. The van der Waals surface area contributed by atoms with Gasteiger partial charge in [0.05, 0.1) is 23.8 Å².